The fraction of sp³-hybridized carbons (Fsp3) is 0.400. The molecule has 0 bridgehead atoms. The summed E-state index contributed by atoms with van der Waals surface area (Å²) >= 11 is 0. The highest BCUT2D eigenvalue weighted by Gasteiger charge is 2.38. The van der Waals surface area contributed by atoms with Crippen LogP contribution in [0.5, 0.6) is 0 Å². The molecule has 0 aliphatic rings. The summed E-state index contributed by atoms with van der Waals surface area (Å²) in [5, 5.41) is 3.28. The Morgan fingerprint density at radius 3 is 2.55 bits per heavy atom. The van der Waals surface area contributed by atoms with Crippen LogP contribution in [0.4, 0.5) is 26.3 Å². The van der Waals surface area contributed by atoms with Crippen LogP contribution in [0, 0.1) is 0 Å². The van der Waals surface area contributed by atoms with E-state index < -0.39 is 40.1 Å². The number of pyridine rings is 1. The second kappa shape index (κ2) is 7.31. The van der Waals surface area contributed by atoms with E-state index in [1.54, 1.807) is 0 Å². The molecule has 1 atom stereocenters. The predicted octanol–water partition coefficient (Wildman–Crippen LogP) is 3.95. The molecule has 3 aromatic heterocycles. The largest absolute Gasteiger partial charge is 0.471 e. The van der Waals surface area contributed by atoms with E-state index >= 15 is 0 Å². The standard InChI is InChI=1S/C15H13F6N5O2S/c1-29(27,5-3-14(16,17)18)22-7-10-8-26-4-2-9(6-11(26)23-10)12-24-13(28-25-12)15(19,20)21/h2,4,6,8H,3,5,7H2,1H3. The van der Waals surface area contributed by atoms with Crippen LogP contribution in [0.15, 0.2) is 33.4 Å². The van der Waals surface area contributed by atoms with Crippen molar-refractivity contribution in [3.8, 4) is 11.4 Å². The quantitative estimate of drug-likeness (QED) is 0.560. The van der Waals surface area contributed by atoms with Crippen molar-refractivity contribution in [2.24, 2.45) is 4.36 Å². The van der Waals surface area contributed by atoms with Gasteiger partial charge in [-0.05, 0) is 12.1 Å². The summed E-state index contributed by atoms with van der Waals surface area (Å²) in [5.41, 5.74) is 0.854. The summed E-state index contributed by atoms with van der Waals surface area (Å²) < 4.78 is 96.2. The zero-order chi connectivity index (χ0) is 21.4. The van der Waals surface area contributed by atoms with Crippen LogP contribution in [0.2, 0.25) is 0 Å². The number of hydrogen-bond donors (Lipinski definition) is 0. The fourth-order valence-electron chi connectivity index (χ4n) is 2.28. The molecule has 0 radical (unpaired) electrons. The normalized spacial score (nSPS) is 14.9. The number of hydrogen-bond acceptors (Lipinski definition) is 6. The molecular formula is C15H13F6N5O2S. The number of imidazole rings is 1. The average molecular weight is 441 g/mol. The second-order valence-corrected chi connectivity index (χ2v) is 8.74. The number of alkyl halides is 6. The van der Waals surface area contributed by atoms with Crippen LogP contribution < -0.4 is 0 Å². The summed E-state index contributed by atoms with van der Waals surface area (Å²) in [6.45, 7) is -0.176. The van der Waals surface area contributed by atoms with Crippen molar-refractivity contribution < 1.29 is 35.1 Å². The molecule has 3 heterocycles. The molecule has 0 saturated carbocycles. The maximum atomic E-state index is 12.6. The van der Waals surface area contributed by atoms with E-state index in [9.17, 15) is 30.6 Å². The summed E-state index contributed by atoms with van der Waals surface area (Å²) in [5.74, 6) is -2.38. The Balaban J connectivity index is 1.80. The molecule has 0 spiro atoms. The van der Waals surface area contributed by atoms with Crippen LogP contribution in [0.1, 0.15) is 18.0 Å². The van der Waals surface area contributed by atoms with E-state index in [-0.39, 0.29) is 17.9 Å². The lowest BCUT2D eigenvalue weighted by Gasteiger charge is -2.07. The van der Waals surface area contributed by atoms with Gasteiger partial charge in [0.05, 0.1) is 18.7 Å². The summed E-state index contributed by atoms with van der Waals surface area (Å²) in [6, 6.07) is 2.84. The van der Waals surface area contributed by atoms with E-state index in [1.807, 2.05) is 0 Å². The minimum Gasteiger partial charge on any atom is -0.329 e. The molecule has 3 aromatic rings. The zero-order valence-electron chi connectivity index (χ0n) is 14.7. The van der Waals surface area contributed by atoms with Gasteiger partial charge in [0.1, 0.15) is 5.65 Å². The monoisotopic (exact) mass is 441 g/mol. The third-order valence-electron chi connectivity index (χ3n) is 3.70. The van der Waals surface area contributed by atoms with E-state index in [0.29, 0.717) is 11.3 Å². The third kappa shape index (κ3) is 5.46. The highest BCUT2D eigenvalue weighted by atomic mass is 32.2. The maximum Gasteiger partial charge on any atom is 0.471 e. The minimum atomic E-state index is -4.77. The van der Waals surface area contributed by atoms with Gasteiger partial charge in [0.25, 0.3) is 0 Å². The lowest BCUT2D eigenvalue weighted by atomic mass is 10.2. The summed E-state index contributed by atoms with van der Waals surface area (Å²) in [4.78, 5) is 7.47. The van der Waals surface area contributed by atoms with Gasteiger partial charge in [-0.2, -0.15) is 31.3 Å². The molecule has 0 aliphatic heterocycles. The van der Waals surface area contributed by atoms with Gasteiger partial charge in [0.2, 0.25) is 5.82 Å². The highest BCUT2D eigenvalue weighted by molar-refractivity contribution is 7.92. The first-order chi connectivity index (χ1) is 13.3. The molecule has 7 nitrogen and oxygen atoms in total. The van der Waals surface area contributed by atoms with Crippen molar-refractivity contribution in [3.63, 3.8) is 0 Å². The lowest BCUT2D eigenvalue weighted by Crippen LogP contribution is -2.15. The second-order valence-electron chi connectivity index (χ2n) is 6.15. The van der Waals surface area contributed by atoms with Crippen LogP contribution in [-0.2, 0) is 22.5 Å². The van der Waals surface area contributed by atoms with Gasteiger partial charge in [0.15, 0.2) is 0 Å². The molecule has 1 unspecified atom stereocenters. The Kier molecular flexibility index (Phi) is 5.32. The van der Waals surface area contributed by atoms with Crippen LogP contribution in [0.3, 0.4) is 0 Å². The first kappa shape index (κ1) is 21.1. The first-order valence-electron chi connectivity index (χ1n) is 7.94. The van der Waals surface area contributed by atoms with Crippen LogP contribution in [0.25, 0.3) is 17.0 Å². The molecule has 158 valence electrons. The van der Waals surface area contributed by atoms with Gasteiger partial charge in [-0.15, -0.1) is 0 Å². The molecule has 0 aromatic carbocycles. The Morgan fingerprint density at radius 2 is 1.93 bits per heavy atom. The van der Waals surface area contributed by atoms with Crippen LogP contribution in [-0.4, -0.2) is 41.9 Å². The molecular weight excluding hydrogens is 428 g/mol. The molecule has 0 saturated heterocycles. The maximum absolute atomic E-state index is 12.6. The minimum absolute atomic E-state index is 0.176. The number of aromatic nitrogens is 4. The lowest BCUT2D eigenvalue weighted by molar-refractivity contribution is -0.159. The molecule has 0 aliphatic carbocycles. The van der Waals surface area contributed by atoms with Gasteiger partial charge < -0.3 is 8.92 Å². The van der Waals surface area contributed by atoms with Crippen molar-refractivity contribution in [1.29, 1.82) is 0 Å². The Bertz CT molecular complexity index is 1140. The van der Waals surface area contributed by atoms with E-state index in [2.05, 4.69) is 24.0 Å². The van der Waals surface area contributed by atoms with E-state index in [0.717, 1.165) is 6.26 Å². The summed E-state index contributed by atoms with van der Waals surface area (Å²) in [6.07, 6.45) is -6.26. The van der Waals surface area contributed by atoms with Gasteiger partial charge in [-0.25, -0.2) is 9.35 Å². The van der Waals surface area contributed by atoms with Crippen LogP contribution >= 0.6 is 0 Å². The van der Waals surface area contributed by atoms with Gasteiger partial charge in [-0.3, -0.25) is 4.21 Å². The van der Waals surface area contributed by atoms with Crippen molar-refractivity contribution in [2.45, 2.75) is 25.3 Å². The Labute approximate surface area is 159 Å². The highest BCUT2D eigenvalue weighted by Crippen LogP contribution is 2.29. The number of nitrogens with zero attached hydrogens (tertiary/aromatic N) is 5. The third-order valence-corrected chi connectivity index (χ3v) is 5.34. The molecule has 0 fully saturated rings. The molecule has 0 amide bonds. The number of halogens is 6. The van der Waals surface area contributed by atoms with E-state index in [1.165, 1.54) is 28.9 Å². The Morgan fingerprint density at radius 1 is 1.21 bits per heavy atom. The Hall–Kier alpha value is -2.64. The SMILES string of the molecule is CS(=O)(CCC(F)(F)F)=NCc1cn2ccc(-c3noc(C(F)(F)F)n3)cc2n1. The molecule has 14 heteroatoms. The molecule has 29 heavy (non-hydrogen) atoms. The fourth-order valence-corrected chi connectivity index (χ4v) is 3.42. The topological polar surface area (TPSA) is 85.7 Å². The van der Waals surface area contributed by atoms with Gasteiger partial charge in [-0.1, -0.05) is 5.16 Å². The van der Waals surface area contributed by atoms with Crippen molar-refractivity contribution >= 4 is 15.4 Å². The van der Waals surface area contributed by atoms with Crippen molar-refractivity contribution in [3.05, 3.63) is 36.1 Å². The average Bonchev–Trinajstić information content (AvgIpc) is 3.23. The number of fused-ring (bicyclic) bond motifs is 1. The van der Waals surface area contributed by atoms with Gasteiger partial charge in [0, 0.05) is 39.7 Å². The van der Waals surface area contributed by atoms with Crippen molar-refractivity contribution in [1.82, 2.24) is 19.5 Å². The van der Waals surface area contributed by atoms with Gasteiger partial charge >= 0.3 is 18.2 Å². The number of rotatable bonds is 5. The van der Waals surface area contributed by atoms with Crippen molar-refractivity contribution in [2.75, 3.05) is 12.0 Å². The molecule has 3 rings (SSSR count). The zero-order valence-corrected chi connectivity index (χ0v) is 15.5. The first-order valence-corrected chi connectivity index (χ1v) is 10.0. The predicted molar refractivity (Wildman–Crippen MR) is 89.2 cm³/mol. The van der Waals surface area contributed by atoms with E-state index in [4.69, 9.17) is 0 Å². The molecule has 0 N–H and O–H groups in total. The summed E-state index contributed by atoms with van der Waals surface area (Å²) in [7, 11) is -3.05. The smallest absolute Gasteiger partial charge is 0.329 e.